The van der Waals surface area contributed by atoms with E-state index in [9.17, 15) is 9.59 Å². The molecule has 0 bridgehead atoms. The molecule has 3 aromatic rings. The number of halogens is 2. The average molecular weight is 507 g/mol. The zero-order valence-corrected chi connectivity index (χ0v) is 20.9. The molecule has 34 heavy (non-hydrogen) atoms. The molecule has 0 aromatic heterocycles. The molecular weight excluding hydrogens is 479 g/mol. The maximum atomic E-state index is 11.6. The van der Waals surface area contributed by atoms with Crippen molar-refractivity contribution in [1.82, 2.24) is 0 Å². The number of hydrogen-bond donors (Lipinski definition) is 2. The van der Waals surface area contributed by atoms with Gasteiger partial charge in [0.15, 0.2) is 0 Å². The highest BCUT2D eigenvalue weighted by atomic mass is 35.5. The Labute approximate surface area is 209 Å². The standard InChI is InChI=1S/C14H8Cl2O4.C12H18.H2O2/c15-11-5-1-9(2-6-11)13(17)19-20-14(18)10-3-7-12(16)8-4-10;1-9(2)11-7-5-6-8-12(11)10(3)4;1-2/h1-8H;5-10H,1-4H3;1-2H. The van der Waals surface area contributed by atoms with Crippen LogP contribution in [-0.4, -0.2) is 22.5 Å². The van der Waals surface area contributed by atoms with Crippen molar-refractivity contribution in [3.05, 3.63) is 105 Å². The lowest BCUT2D eigenvalue weighted by Gasteiger charge is -2.14. The zero-order valence-electron chi connectivity index (χ0n) is 19.4. The summed E-state index contributed by atoms with van der Waals surface area (Å²) in [5.74, 6) is -0.292. The predicted octanol–water partition coefficient (Wildman–Crippen LogP) is 7.87. The lowest BCUT2D eigenvalue weighted by atomic mass is 9.91. The molecule has 6 nitrogen and oxygen atoms in total. The predicted molar refractivity (Wildman–Crippen MR) is 134 cm³/mol. The Bertz CT molecular complexity index is 947. The summed E-state index contributed by atoms with van der Waals surface area (Å²) in [6.45, 7) is 9.00. The number of benzene rings is 3. The molecule has 3 rings (SSSR count). The Hall–Kier alpha value is -2.90. The molecular formula is C26H28Cl2O6. The van der Waals surface area contributed by atoms with Crippen LogP contribution in [0, 0.1) is 0 Å². The normalized spacial score (nSPS) is 9.94. The van der Waals surface area contributed by atoms with E-state index >= 15 is 0 Å². The Balaban J connectivity index is 0.000000353. The fourth-order valence-electron chi connectivity index (χ4n) is 2.91. The van der Waals surface area contributed by atoms with Gasteiger partial charge in [-0.05, 0) is 71.5 Å². The van der Waals surface area contributed by atoms with E-state index in [4.69, 9.17) is 33.7 Å². The summed E-state index contributed by atoms with van der Waals surface area (Å²) in [7, 11) is 0. The minimum atomic E-state index is -0.788. The van der Waals surface area contributed by atoms with Crippen LogP contribution in [0.5, 0.6) is 0 Å². The van der Waals surface area contributed by atoms with Crippen LogP contribution >= 0.6 is 23.2 Å². The Morgan fingerprint density at radius 3 is 1.18 bits per heavy atom. The minimum absolute atomic E-state index is 0.221. The molecule has 182 valence electrons. The highest BCUT2D eigenvalue weighted by molar-refractivity contribution is 6.31. The summed E-state index contributed by atoms with van der Waals surface area (Å²) in [4.78, 5) is 32.1. The smallest absolute Gasteiger partial charge is 0.255 e. The third kappa shape index (κ3) is 9.53. The highest BCUT2D eigenvalue weighted by Crippen LogP contribution is 2.25. The van der Waals surface area contributed by atoms with Crippen LogP contribution in [0.4, 0.5) is 0 Å². The van der Waals surface area contributed by atoms with E-state index in [1.165, 1.54) is 59.7 Å². The fraction of sp³-hybridized carbons (Fsp3) is 0.231. The SMILES string of the molecule is CC(C)c1ccccc1C(C)C.O=C(OOC(=O)c1ccc(Cl)cc1)c1ccc(Cl)cc1.OO. The molecule has 0 heterocycles. The maximum Gasteiger partial charge on any atom is 0.386 e. The molecule has 0 radical (unpaired) electrons. The second kappa shape index (κ2) is 15.1. The monoisotopic (exact) mass is 506 g/mol. The van der Waals surface area contributed by atoms with Crippen molar-refractivity contribution in [3.8, 4) is 0 Å². The lowest BCUT2D eigenvalue weighted by molar-refractivity contribution is -0.187. The average Bonchev–Trinajstić information content (AvgIpc) is 2.84. The third-order valence-electron chi connectivity index (χ3n) is 4.59. The van der Waals surface area contributed by atoms with Gasteiger partial charge < -0.3 is 0 Å². The van der Waals surface area contributed by atoms with Gasteiger partial charge in [-0.15, -0.1) is 0 Å². The van der Waals surface area contributed by atoms with Crippen LogP contribution in [0.1, 0.15) is 71.4 Å². The molecule has 0 saturated heterocycles. The lowest BCUT2D eigenvalue weighted by Crippen LogP contribution is -2.11. The molecule has 0 fully saturated rings. The molecule has 2 N–H and O–H groups in total. The molecule has 0 saturated carbocycles. The van der Waals surface area contributed by atoms with Gasteiger partial charge in [-0.3, -0.25) is 10.5 Å². The Morgan fingerprint density at radius 1 is 0.618 bits per heavy atom. The van der Waals surface area contributed by atoms with Gasteiger partial charge >= 0.3 is 11.9 Å². The van der Waals surface area contributed by atoms with Crippen molar-refractivity contribution in [2.75, 3.05) is 0 Å². The maximum absolute atomic E-state index is 11.6. The van der Waals surface area contributed by atoms with Crippen LogP contribution in [-0.2, 0) is 9.78 Å². The molecule has 3 aromatic carbocycles. The molecule has 0 aliphatic carbocycles. The van der Waals surface area contributed by atoms with E-state index in [1.54, 1.807) is 0 Å². The summed E-state index contributed by atoms with van der Waals surface area (Å²) in [5, 5.41) is 13.0. The van der Waals surface area contributed by atoms with Gasteiger partial charge in [0.1, 0.15) is 0 Å². The highest BCUT2D eigenvalue weighted by Gasteiger charge is 2.14. The topological polar surface area (TPSA) is 93.1 Å². The van der Waals surface area contributed by atoms with Gasteiger partial charge in [0.2, 0.25) is 0 Å². The van der Waals surface area contributed by atoms with E-state index in [-0.39, 0.29) is 11.1 Å². The van der Waals surface area contributed by atoms with Gasteiger partial charge in [-0.2, -0.15) is 0 Å². The van der Waals surface area contributed by atoms with Crippen LogP contribution < -0.4 is 0 Å². The number of hydrogen-bond acceptors (Lipinski definition) is 6. The fourth-order valence-corrected chi connectivity index (χ4v) is 3.16. The first-order chi connectivity index (χ1) is 16.2. The van der Waals surface area contributed by atoms with Gasteiger partial charge in [0.25, 0.3) is 0 Å². The molecule has 0 atom stereocenters. The van der Waals surface area contributed by atoms with E-state index in [2.05, 4.69) is 61.7 Å². The summed E-state index contributed by atoms with van der Waals surface area (Å²) in [5.41, 5.74) is 3.43. The Kier molecular flexibility index (Phi) is 12.9. The van der Waals surface area contributed by atoms with E-state index in [1.807, 2.05) is 0 Å². The van der Waals surface area contributed by atoms with E-state index in [0.717, 1.165) is 0 Å². The molecule has 8 heteroatoms. The van der Waals surface area contributed by atoms with Crippen molar-refractivity contribution in [3.63, 3.8) is 0 Å². The summed E-state index contributed by atoms with van der Waals surface area (Å²) in [6, 6.07) is 20.7. The quantitative estimate of drug-likeness (QED) is 0.276. The zero-order chi connectivity index (χ0) is 25.7. The van der Waals surface area contributed by atoms with Crippen LogP contribution in [0.15, 0.2) is 72.8 Å². The van der Waals surface area contributed by atoms with Crippen molar-refractivity contribution in [2.45, 2.75) is 39.5 Å². The van der Waals surface area contributed by atoms with Gasteiger partial charge in [0, 0.05) is 10.0 Å². The van der Waals surface area contributed by atoms with Gasteiger partial charge in [0.05, 0.1) is 11.1 Å². The van der Waals surface area contributed by atoms with Gasteiger partial charge in [-0.25, -0.2) is 19.4 Å². The summed E-state index contributed by atoms with van der Waals surface area (Å²) >= 11 is 11.4. The van der Waals surface area contributed by atoms with Gasteiger partial charge in [-0.1, -0.05) is 75.2 Å². The minimum Gasteiger partial charge on any atom is -0.255 e. The third-order valence-corrected chi connectivity index (χ3v) is 5.10. The first-order valence-corrected chi connectivity index (χ1v) is 11.2. The molecule has 0 spiro atoms. The number of rotatable bonds is 4. The molecule has 0 amide bonds. The Morgan fingerprint density at radius 2 is 0.912 bits per heavy atom. The molecule has 0 aliphatic rings. The van der Waals surface area contributed by atoms with E-state index in [0.29, 0.717) is 21.9 Å². The largest absolute Gasteiger partial charge is 0.386 e. The molecule has 0 aliphatic heterocycles. The number of carbonyl (C=O) groups is 2. The summed E-state index contributed by atoms with van der Waals surface area (Å²) in [6.07, 6.45) is 0. The molecule has 0 unspecified atom stereocenters. The van der Waals surface area contributed by atoms with Crippen molar-refractivity contribution in [1.29, 1.82) is 0 Å². The second-order valence-corrected chi connectivity index (χ2v) is 8.57. The first kappa shape index (κ1) is 29.1. The number of carbonyl (C=O) groups excluding carboxylic acids is 2. The first-order valence-electron chi connectivity index (χ1n) is 10.4. The van der Waals surface area contributed by atoms with Crippen LogP contribution in [0.3, 0.4) is 0 Å². The van der Waals surface area contributed by atoms with Crippen molar-refractivity contribution < 1.29 is 29.9 Å². The van der Waals surface area contributed by atoms with E-state index < -0.39 is 11.9 Å². The van der Waals surface area contributed by atoms with Crippen LogP contribution in [0.25, 0.3) is 0 Å². The van der Waals surface area contributed by atoms with Crippen molar-refractivity contribution >= 4 is 35.1 Å². The summed E-state index contributed by atoms with van der Waals surface area (Å²) < 4.78 is 0. The van der Waals surface area contributed by atoms with Crippen LogP contribution in [0.2, 0.25) is 10.0 Å². The van der Waals surface area contributed by atoms with Crippen molar-refractivity contribution in [2.24, 2.45) is 0 Å². The second-order valence-electron chi connectivity index (χ2n) is 7.69.